The number of nitrogens with zero attached hydrogens (tertiary/aromatic N) is 2. The number of phenols is 1. The summed E-state index contributed by atoms with van der Waals surface area (Å²) in [6, 6.07) is 18.3. The van der Waals surface area contributed by atoms with Crippen molar-refractivity contribution in [2.45, 2.75) is 12.5 Å². The number of hydrogen-bond acceptors (Lipinski definition) is 4. The lowest BCUT2D eigenvalue weighted by Gasteiger charge is -2.26. The smallest absolute Gasteiger partial charge is 0.168 e. The maximum atomic E-state index is 9.41. The molecule has 1 N–H and O–H groups in total. The third-order valence-corrected chi connectivity index (χ3v) is 4.90. The molecule has 1 atom stereocenters. The summed E-state index contributed by atoms with van der Waals surface area (Å²) < 4.78 is 0. The van der Waals surface area contributed by atoms with Crippen molar-refractivity contribution in [2.75, 3.05) is 6.54 Å². The van der Waals surface area contributed by atoms with Gasteiger partial charge in [-0.3, -0.25) is 4.99 Å². The second-order valence-corrected chi connectivity index (χ2v) is 6.34. The molecular weight excluding hydrogens is 292 g/mol. The first-order valence-corrected chi connectivity index (χ1v) is 8.23. The van der Waals surface area contributed by atoms with Gasteiger partial charge in [-0.05, 0) is 29.7 Å². The van der Waals surface area contributed by atoms with Crippen LogP contribution in [0.4, 0.5) is 0 Å². The van der Waals surface area contributed by atoms with Crippen LogP contribution in [0.25, 0.3) is 5.70 Å². The minimum atomic E-state index is 0.314. The van der Waals surface area contributed by atoms with Crippen LogP contribution in [0.3, 0.4) is 0 Å². The van der Waals surface area contributed by atoms with Gasteiger partial charge in [0.15, 0.2) is 5.17 Å². The summed E-state index contributed by atoms with van der Waals surface area (Å²) >= 11 is 1.71. The lowest BCUT2D eigenvalue weighted by molar-refractivity contribution is 0.460. The fraction of sp³-hybridized carbons (Fsp3) is 0.167. The third kappa shape index (κ3) is 2.40. The molecule has 0 saturated heterocycles. The van der Waals surface area contributed by atoms with Gasteiger partial charge >= 0.3 is 0 Å². The number of benzene rings is 2. The third-order valence-electron chi connectivity index (χ3n) is 4.02. The molecule has 110 valence electrons. The average molecular weight is 308 g/mol. The number of fused-ring (bicyclic) bond motifs is 1. The van der Waals surface area contributed by atoms with Crippen LogP contribution in [-0.4, -0.2) is 27.8 Å². The summed E-state index contributed by atoms with van der Waals surface area (Å²) in [6.45, 7) is 0.827. The van der Waals surface area contributed by atoms with Crippen molar-refractivity contribution in [3.8, 4) is 5.75 Å². The fourth-order valence-corrected chi connectivity index (χ4v) is 3.91. The highest BCUT2D eigenvalue weighted by Gasteiger charge is 2.34. The minimum absolute atomic E-state index is 0.314. The van der Waals surface area contributed by atoms with Crippen molar-refractivity contribution >= 4 is 22.6 Å². The van der Waals surface area contributed by atoms with Crippen molar-refractivity contribution in [1.29, 1.82) is 0 Å². The molecule has 0 aliphatic carbocycles. The Kier molecular flexibility index (Phi) is 3.39. The first-order chi connectivity index (χ1) is 10.8. The summed E-state index contributed by atoms with van der Waals surface area (Å²) in [5.41, 5.74) is 3.70. The lowest BCUT2D eigenvalue weighted by Crippen LogP contribution is -2.33. The largest absolute Gasteiger partial charge is 0.508 e. The zero-order chi connectivity index (χ0) is 14.9. The first kappa shape index (κ1) is 13.5. The van der Waals surface area contributed by atoms with E-state index in [1.807, 2.05) is 18.2 Å². The van der Waals surface area contributed by atoms with Gasteiger partial charge in [-0.1, -0.05) is 54.2 Å². The Balaban J connectivity index is 1.58. The molecule has 2 aromatic rings. The zero-order valence-electron chi connectivity index (χ0n) is 12.0. The van der Waals surface area contributed by atoms with Crippen LogP contribution in [0.1, 0.15) is 11.1 Å². The van der Waals surface area contributed by atoms with E-state index in [-0.39, 0.29) is 0 Å². The highest BCUT2D eigenvalue weighted by Crippen LogP contribution is 2.38. The van der Waals surface area contributed by atoms with Gasteiger partial charge in [0.2, 0.25) is 0 Å². The minimum Gasteiger partial charge on any atom is -0.508 e. The average Bonchev–Trinajstić information content (AvgIpc) is 3.13. The Labute approximate surface area is 134 Å². The van der Waals surface area contributed by atoms with E-state index in [0.717, 1.165) is 18.1 Å². The Bertz CT molecular complexity index is 737. The summed E-state index contributed by atoms with van der Waals surface area (Å²) in [5.74, 6) is 0.314. The number of rotatable bonds is 3. The first-order valence-electron chi connectivity index (χ1n) is 7.35. The normalized spacial score (nSPS) is 19.8. The van der Waals surface area contributed by atoms with Crippen LogP contribution in [0.2, 0.25) is 0 Å². The summed E-state index contributed by atoms with van der Waals surface area (Å²) in [5, 5.41) is 12.7. The molecule has 22 heavy (non-hydrogen) atoms. The summed E-state index contributed by atoms with van der Waals surface area (Å²) in [6.07, 6.45) is 0.929. The van der Waals surface area contributed by atoms with Crippen molar-refractivity contribution < 1.29 is 5.11 Å². The van der Waals surface area contributed by atoms with E-state index in [9.17, 15) is 5.11 Å². The molecule has 0 spiro atoms. The van der Waals surface area contributed by atoms with Crippen LogP contribution in [-0.2, 0) is 6.42 Å². The van der Waals surface area contributed by atoms with E-state index in [2.05, 4.69) is 39.6 Å². The monoisotopic (exact) mass is 308 g/mol. The van der Waals surface area contributed by atoms with E-state index in [1.54, 1.807) is 23.9 Å². The topological polar surface area (TPSA) is 35.8 Å². The SMILES string of the molecule is Oc1ccc(C[C@@H]2CN=C3SC=C(c4ccccc4)N32)cc1. The van der Waals surface area contributed by atoms with Gasteiger partial charge in [-0.15, -0.1) is 0 Å². The maximum absolute atomic E-state index is 9.41. The van der Waals surface area contributed by atoms with Crippen LogP contribution < -0.4 is 0 Å². The fourth-order valence-electron chi connectivity index (χ4n) is 2.93. The predicted molar refractivity (Wildman–Crippen MR) is 91.7 cm³/mol. The molecule has 0 radical (unpaired) electrons. The number of thioether (sulfide) groups is 1. The number of hydrogen-bond donors (Lipinski definition) is 1. The van der Waals surface area contributed by atoms with E-state index in [1.165, 1.54) is 16.8 Å². The standard InChI is InChI=1S/C18H16N2OS/c21-16-8-6-13(7-9-16)10-15-11-19-18-20(15)17(12-22-18)14-4-2-1-3-5-14/h1-9,12,15,21H,10-11H2/t15-/m1/s1. The molecule has 2 aromatic carbocycles. The van der Waals surface area contributed by atoms with E-state index >= 15 is 0 Å². The van der Waals surface area contributed by atoms with Gasteiger partial charge in [0.25, 0.3) is 0 Å². The Morgan fingerprint density at radius 1 is 1.09 bits per heavy atom. The van der Waals surface area contributed by atoms with Gasteiger partial charge in [-0.25, -0.2) is 0 Å². The number of amidine groups is 1. The highest BCUT2D eigenvalue weighted by molar-refractivity contribution is 8.16. The van der Waals surface area contributed by atoms with Crippen molar-refractivity contribution in [3.63, 3.8) is 0 Å². The second kappa shape index (κ2) is 5.54. The van der Waals surface area contributed by atoms with E-state index in [4.69, 9.17) is 0 Å². The molecule has 4 rings (SSSR count). The number of aromatic hydroxyl groups is 1. The molecular formula is C18H16N2OS. The van der Waals surface area contributed by atoms with E-state index < -0.39 is 0 Å². The summed E-state index contributed by atoms with van der Waals surface area (Å²) in [4.78, 5) is 7.03. The Hall–Kier alpha value is -2.20. The summed E-state index contributed by atoms with van der Waals surface area (Å²) in [7, 11) is 0. The lowest BCUT2D eigenvalue weighted by atomic mass is 10.0. The molecule has 4 heteroatoms. The van der Waals surface area contributed by atoms with Crippen molar-refractivity contribution in [2.24, 2.45) is 4.99 Å². The second-order valence-electron chi connectivity index (χ2n) is 5.50. The quantitative estimate of drug-likeness (QED) is 0.938. The molecule has 0 fully saturated rings. The van der Waals surface area contributed by atoms with Crippen LogP contribution in [0, 0.1) is 0 Å². The van der Waals surface area contributed by atoms with Crippen LogP contribution in [0.5, 0.6) is 5.75 Å². The van der Waals surface area contributed by atoms with Gasteiger partial charge in [0, 0.05) is 5.41 Å². The molecule has 2 aliphatic heterocycles. The van der Waals surface area contributed by atoms with Gasteiger partial charge < -0.3 is 10.0 Å². The van der Waals surface area contributed by atoms with Crippen LogP contribution in [0.15, 0.2) is 65.0 Å². The number of aliphatic imine (C=N–C) groups is 1. The molecule has 2 aliphatic rings. The molecule has 0 amide bonds. The van der Waals surface area contributed by atoms with E-state index in [0.29, 0.717) is 11.8 Å². The number of phenolic OH excluding ortho intramolecular Hbond substituents is 1. The van der Waals surface area contributed by atoms with Gasteiger partial charge in [-0.2, -0.15) is 0 Å². The molecule has 0 bridgehead atoms. The maximum Gasteiger partial charge on any atom is 0.168 e. The Morgan fingerprint density at radius 2 is 1.86 bits per heavy atom. The van der Waals surface area contributed by atoms with Gasteiger partial charge in [0.05, 0.1) is 18.3 Å². The predicted octanol–water partition coefficient (Wildman–Crippen LogP) is 3.72. The highest BCUT2D eigenvalue weighted by atomic mass is 32.2. The molecule has 0 aromatic heterocycles. The molecule has 3 nitrogen and oxygen atoms in total. The van der Waals surface area contributed by atoms with Crippen molar-refractivity contribution in [3.05, 3.63) is 71.1 Å². The molecule has 0 unspecified atom stereocenters. The van der Waals surface area contributed by atoms with Gasteiger partial charge in [0.1, 0.15) is 5.75 Å². The van der Waals surface area contributed by atoms with Crippen LogP contribution >= 0.6 is 11.8 Å². The molecule has 2 heterocycles. The molecule has 0 saturated carbocycles. The van der Waals surface area contributed by atoms with Crippen molar-refractivity contribution in [1.82, 2.24) is 4.90 Å². The zero-order valence-corrected chi connectivity index (χ0v) is 12.8. The Morgan fingerprint density at radius 3 is 2.64 bits per heavy atom.